The molecule has 0 saturated heterocycles. The highest BCUT2D eigenvalue weighted by molar-refractivity contribution is 6.09. The highest BCUT2D eigenvalue weighted by Gasteiger charge is 2.30. The molecule has 23 heavy (non-hydrogen) atoms. The predicted molar refractivity (Wildman–Crippen MR) is 86.3 cm³/mol. The molecule has 2 aromatic rings. The molecule has 2 aromatic heterocycles. The standard InChI is InChI=1S/C17H20N4O2/c1-2-12-15-16(21(20-12)11-6-3-4-7-11)19-13(10-18-17(15)22)14-8-5-9-23-14/h5,8-9,11H,2-4,6-7,10H2,1H3,(H,18,22). The van der Waals surface area contributed by atoms with Crippen molar-refractivity contribution < 1.29 is 9.21 Å². The molecular formula is C17H20N4O2. The van der Waals surface area contributed by atoms with Gasteiger partial charge in [-0.2, -0.15) is 5.10 Å². The van der Waals surface area contributed by atoms with Gasteiger partial charge < -0.3 is 9.73 Å². The monoisotopic (exact) mass is 312 g/mol. The first-order valence-corrected chi connectivity index (χ1v) is 8.29. The number of nitrogens with one attached hydrogen (secondary N) is 1. The number of furan rings is 1. The summed E-state index contributed by atoms with van der Waals surface area (Å²) in [6.07, 6.45) is 6.97. The van der Waals surface area contributed by atoms with Crippen LogP contribution >= 0.6 is 0 Å². The van der Waals surface area contributed by atoms with Crippen LogP contribution in [-0.4, -0.2) is 27.9 Å². The van der Waals surface area contributed by atoms with Gasteiger partial charge in [-0.25, -0.2) is 9.67 Å². The molecule has 1 saturated carbocycles. The fourth-order valence-electron chi connectivity index (χ4n) is 3.47. The predicted octanol–water partition coefficient (Wildman–Crippen LogP) is 3.02. The summed E-state index contributed by atoms with van der Waals surface area (Å²) >= 11 is 0. The molecule has 0 unspecified atom stereocenters. The summed E-state index contributed by atoms with van der Waals surface area (Å²) in [6.45, 7) is 2.39. The molecule has 6 heteroatoms. The Morgan fingerprint density at radius 3 is 2.91 bits per heavy atom. The average Bonchev–Trinajstić information content (AvgIpc) is 3.28. The number of nitrogens with zero attached hydrogens (tertiary/aromatic N) is 3. The molecule has 0 radical (unpaired) electrons. The van der Waals surface area contributed by atoms with Crippen molar-refractivity contribution >= 4 is 17.4 Å². The van der Waals surface area contributed by atoms with E-state index in [1.54, 1.807) is 6.26 Å². The highest BCUT2D eigenvalue weighted by atomic mass is 16.3. The number of aryl methyl sites for hydroxylation is 1. The third-order valence-electron chi connectivity index (χ3n) is 4.65. The minimum absolute atomic E-state index is 0.0913. The summed E-state index contributed by atoms with van der Waals surface area (Å²) in [5.41, 5.74) is 2.19. The summed E-state index contributed by atoms with van der Waals surface area (Å²) in [5.74, 6) is 1.29. The summed E-state index contributed by atoms with van der Waals surface area (Å²) in [4.78, 5) is 17.3. The van der Waals surface area contributed by atoms with Crippen LogP contribution in [0.2, 0.25) is 0 Å². The second-order valence-electron chi connectivity index (χ2n) is 6.10. The molecule has 0 bridgehead atoms. The maximum atomic E-state index is 12.6. The third-order valence-corrected chi connectivity index (χ3v) is 4.65. The smallest absolute Gasteiger partial charge is 0.257 e. The first-order valence-electron chi connectivity index (χ1n) is 8.29. The van der Waals surface area contributed by atoms with Crippen LogP contribution in [0, 0.1) is 0 Å². The molecule has 2 aliphatic rings. The van der Waals surface area contributed by atoms with Gasteiger partial charge in [0.1, 0.15) is 17.0 Å². The summed E-state index contributed by atoms with van der Waals surface area (Å²) in [7, 11) is 0. The van der Waals surface area contributed by atoms with Gasteiger partial charge in [-0.05, 0) is 31.4 Å². The summed E-state index contributed by atoms with van der Waals surface area (Å²) in [5, 5.41) is 7.65. The molecule has 120 valence electrons. The molecule has 1 aliphatic carbocycles. The maximum absolute atomic E-state index is 12.6. The molecule has 1 fully saturated rings. The lowest BCUT2D eigenvalue weighted by Gasteiger charge is -2.12. The lowest BCUT2D eigenvalue weighted by Crippen LogP contribution is -2.28. The lowest BCUT2D eigenvalue weighted by molar-refractivity contribution is 0.0960. The van der Waals surface area contributed by atoms with E-state index in [-0.39, 0.29) is 5.91 Å². The number of carbonyl (C=O) groups excluding carboxylic acids is 1. The molecule has 0 aromatic carbocycles. The average molecular weight is 312 g/mol. The van der Waals surface area contributed by atoms with Gasteiger partial charge >= 0.3 is 0 Å². The molecule has 0 spiro atoms. The molecule has 1 aliphatic heterocycles. The molecule has 3 heterocycles. The Balaban J connectivity index is 1.87. The number of fused-ring (bicyclic) bond motifs is 1. The van der Waals surface area contributed by atoms with Crippen molar-refractivity contribution in [2.75, 3.05) is 6.54 Å². The van der Waals surface area contributed by atoms with Crippen molar-refractivity contribution in [3.05, 3.63) is 35.4 Å². The van der Waals surface area contributed by atoms with Gasteiger partial charge in [0.2, 0.25) is 0 Å². The van der Waals surface area contributed by atoms with E-state index in [4.69, 9.17) is 14.5 Å². The van der Waals surface area contributed by atoms with Gasteiger partial charge in [-0.1, -0.05) is 19.8 Å². The van der Waals surface area contributed by atoms with E-state index in [0.29, 0.717) is 29.7 Å². The zero-order chi connectivity index (χ0) is 15.8. The van der Waals surface area contributed by atoms with Gasteiger partial charge in [0.25, 0.3) is 5.91 Å². The van der Waals surface area contributed by atoms with E-state index < -0.39 is 0 Å². The van der Waals surface area contributed by atoms with Crippen molar-refractivity contribution in [3.8, 4) is 0 Å². The molecule has 4 rings (SSSR count). The Morgan fingerprint density at radius 2 is 2.22 bits per heavy atom. The lowest BCUT2D eigenvalue weighted by atomic mass is 10.2. The van der Waals surface area contributed by atoms with E-state index >= 15 is 0 Å². The SMILES string of the molecule is CCc1nn(C2CCCC2)c2c1C(=O)NCC(c1ccco1)=N2. The molecule has 0 atom stereocenters. The quantitative estimate of drug-likeness (QED) is 0.947. The van der Waals surface area contributed by atoms with Crippen LogP contribution in [-0.2, 0) is 6.42 Å². The summed E-state index contributed by atoms with van der Waals surface area (Å²) in [6, 6.07) is 4.04. The first kappa shape index (κ1) is 14.2. The van der Waals surface area contributed by atoms with Gasteiger partial charge in [0.05, 0.1) is 24.5 Å². The van der Waals surface area contributed by atoms with Crippen LogP contribution in [0.25, 0.3) is 0 Å². The Labute approximate surface area is 134 Å². The van der Waals surface area contributed by atoms with Crippen molar-refractivity contribution in [2.24, 2.45) is 4.99 Å². The van der Waals surface area contributed by atoms with Crippen molar-refractivity contribution in [3.63, 3.8) is 0 Å². The Bertz CT molecular complexity index is 752. The van der Waals surface area contributed by atoms with Crippen molar-refractivity contribution in [1.29, 1.82) is 0 Å². The van der Waals surface area contributed by atoms with Gasteiger partial charge in [0.15, 0.2) is 5.82 Å². The number of carbonyl (C=O) groups is 1. The van der Waals surface area contributed by atoms with Gasteiger partial charge in [0, 0.05) is 0 Å². The normalized spacial score (nSPS) is 18.5. The zero-order valence-electron chi connectivity index (χ0n) is 13.2. The van der Waals surface area contributed by atoms with Crippen LogP contribution in [0.3, 0.4) is 0 Å². The number of aliphatic imine (C=N–C) groups is 1. The van der Waals surface area contributed by atoms with E-state index in [1.165, 1.54) is 12.8 Å². The minimum atomic E-state index is -0.0913. The second kappa shape index (κ2) is 5.68. The van der Waals surface area contributed by atoms with Crippen LogP contribution in [0.4, 0.5) is 5.82 Å². The van der Waals surface area contributed by atoms with Crippen LogP contribution in [0.1, 0.15) is 60.5 Å². The maximum Gasteiger partial charge on any atom is 0.257 e. The fourth-order valence-corrected chi connectivity index (χ4v) is 3.47. The zero-order valence-corrected chi connectivity index (χ0v) is 13.2. The van der Waals surface area contributed by atoms with E-state index in [1.807, 2.05) is 23.7 Å². The number of aromatic nitrogens is 2. The van der Waals surface area contributed by atoms with E-state index in [2.05, 4.69) is 5.32 Å². The third kappa shape index (κ3) is 2.38. The number of rotatable bonds is 3. The second-order valence-corrected chi connectivity index (χ2v) is 6.10. The first-order chi connectivity index (χ1) is 11.3. The van der Waals surface area contributed by atoms with Gasteiger partial charge in [-0.15, -0.1) is 0 Å². The topological polar surface area (TPSA) is 72.4 Å². The Kier molecular flexibility index (Phi) is 3.52. The van der Waals surface area contributed by atoms with E-state index in [9.17, 15) is 4.79 Å². The van der Waals surface area contributed by atoms with Crippen LogP contribution in [0.15, 0.2) is 27.8 Å². The number of amides is 1. The molecule has 1 N–H and O–H groups in total. The molecule has 6 nitrogen and oxygen atoms in total. The number of hydrogen-bond acceptors (Lipinski definition) is 4. The van der Waals surface area contributed by atoms with Crippen LogP contribution in [0.5, 0.6) is 0 Å². The Morgan fingerprint density at radius 1 is 1.39 bits per heavy atom. The molecule has 1 amide bonds. The Hall–Kier alpha value is -2.37. The largest absolute Gasteiger partial charge is 0.463 e. The molecular weight excluding hydrogens is 292 g/mol. The van der Waals surface area contributed by atoms with Crippen molar-refractivity contribution in [2.45, 2.75) is 45.1 Å². The van der Waals surface area contributed by atoms with Crippen LogP contribution < -0.4 is 5.32 Å². The minimum Gasteiger partial charge on any atom is -0.463 e. The number of hydrogen-bond donors (Lipinski definition) is 1. The highest BCUT2D eigenvalue weighted by Crippen LogP contribution is 2.36. The fraction of sp³-hybridized carbons (Fsp3) is 0.471. The van der Waals surface area contributed by atoms with Gasteiger partial charge in [-0.3, -0.25) is 4.79 Å². The van der Waals surface area contributed by atoms with E-state index in [0.717, 1.165) is 30.7 Å². The van der Waals surface area contributed by atoms with Crippen molar-refractivity contribution in [1.82, 2.24) is 15.1 Å². The summed E-state index contributed by atoms with van der Waals surface area (Å²) < 4.78 is 7.45.